The van der Waals surface area contributed by atoms with E-state index in [0.717, 1.165) is 75.6 Å². The maximum atomic E-state index is 12.7. The van der Waals surface area contributed by atoms with Gasteiger partial charge in [-0.05, 0) is 167 Å². The number of unbranched alkanes of at least 4 members (excludes halogenated alkanes) is 16. The van der Waals surface area contributed by atoms with Crippen LogP contribution < -0.4 is 0 Å². The van der Waals surface area contributed by atoms with E-state index >= 15 is 0 Å². The van der Waals surface area contributed by atoms with Gasteiger partial charge in [-0.2, -0.15) is 0 Å². The Labute approximate surface area is 414 Å². The third-order valence-electron chi connectivity index (χ3n) is 13.2. The van der Waals surface area contributed by atoms with Gasteiger partial charge in [-0.3, -0.25) is 0 Å². The zero-order chi connectivity index (χ0) is 47.4. The minimum absolute atomic E-state index is 0. The van der Waals surface area contributed by atoms with Crippen LogP contribution >= 0.6 is 0 Å². The molecule has 2 aromatic carbocycles. The molecule has 1 aliphatic rings. The van der Waals surface area contributed by atoms with E-state index in [2.05, 4.69) is 93.5 Å². The number of benzene rings is 2. The van der Waals surface area contributed by atoms with Crippen molar-refractivity contribution in [2.45, 2.75) is 275 Å². The van der Waals surface area contributed by atoms with Crippen LogP contribution in [0.1, 0.15) is 281 Å². The molecule has 5 heteroatoms. The van der Waals surface area contributed by atoms with E-state index in [-0.39, 0.29) is 16.5 Å². The third-order valence-corrected chi connectivity index (χ3v) is 13.2. The van der Waals surface area contributed by atoms with Gasteiger partial charge in [0.2, 0.25) is 11.4 Å². The van der Waals surface area contributed by atoms with Crippen molar-refractivity contribution in [1.82, 2.24) is 0 Å². The first kappa shape index (κ1) is 62.9. The molecule has 0 aromatic heterocycles. The number of aryl methyl sites for hydroxylation is 4. The Bertz CT molecular complexity index is 1520. The van der Waals surface area contributed by atoms with Crippen molar-refractivity contribution in [1.29, 1.82) is 0 Å². The number of hydrogen-bond donors (Lipinski definition) is 2. The second kappa shape index (κ2) is 41.0. The molecule has 65 heavy (non-hydrogen) atoms. The largest absolute Gasteiger partial charge is 0.493 e. The van der Waals surface area contributed by atoms with Crippen LogP contribution in [-0.4, -0.2) is 28.1 Å². The molecule has 0 unspecified atom stereocenters. The Morgan fingerprint density at radius 1 is 0.369 bits per heavy atom. The fraction of sp³-hybridized carbons (Fsp3) is 0.733. The van der Waals surface area contributed by atoms with E-state index in [4.69, 9.17) is 10.2 Å². The Hall–Kier alpha value is -2.07. The van der Waals surface area contributed by atoms with Crippen LogP contribution in [0.15, 0.2) is 35.4 Å². The molecule has 0 radical (unpaired) electrons. The molecule has 2 N–H and O–H groups in total. The fourth-order valence-electron chi connectivity index (χ4n) is 9.30. The van der Waals surface area contributed by atoms with Crippen molar-refractivity contribution in [3.8, 4) is 0 Å². The standard InChI is InChI=1S/C52H84N2.2C4H10O.Ni/c1-9-16-23-30-42-37-46(38-43(31-24-17-10-2)49(42)35-28-21-14-6)51-41(8)48(34-27-20-13-5)52(54(51)53)47-39-44(32-25-18-11-3)50(36-29-22-15-7)45(40-47)33-26-19-12-4;2*1-2-3-4-5;/h37-40H,9-36H2,1-8H3;2*5H,2-4H2,1H3;. The SMILES string of the molecule is CCCCCC1=C(c2cc(CCCCC)c(CCCCC)c(CCCCC)c2)[N+](=[N-])C(c2cc(CCCCC)c(CCCCC)c(CCCCC)c2)=C1C.CCCCO.CCCCO.[Ni]. The molecule has 0 spiro atoms. The summed E-state index contributed by atoms with van der Waals surface area (Å²) >= 11 is 0. The molecule has 0 bridgehead atoms. The maximum absolute atomic E-state index is 12.7. The average molecular weight is 944 g/mol. The van der Waals surface area contributed by atoms with Crippen LogP contribution in [0.5, 0.6) is 0 Å². The molecule has 376 valence electrons. The molecule has 0 saturated heterocycles. The smallest absolute Gasteiger partial charge is 0.211 e. The summed E-state index contributed by atoms with van der Waals surface area (Å²) < 4.78 is 1.67. The van der Waals surface area contributed by atoms with Crippen LogP contribution in [-0.2, 0) is 55.0 Å². The van der Waals surface area contributed by atoms with Gasteiger partial charge in [-0.15, -0.1) is 0 Å². The molecule has 0 aliphatic carbocycles. The molecule has 2 aromatic rings. The molecular formula is C60H104N2NiO2. The number of aliphatic hydroxyl groups is 2. The summed E-state index contributed by atoms with van der Waals surface area (Å²) in [5.74, 6) is 0. The van der Waals surface area contributed by atoms with Gasteiger partial charge in [0.05, 0.1) is 0 Å². The van der Waals surface area contributed by atoms with Gasteiger partial charge in [0.1, 0.15) is 0 Å². The van der Waals surface area contributed by atoms with E-state index in [1.165, 1.54) is 164 Å². The topological polar surface area (TPSA) is 65.8 Å². The quantitative estimate of drug-likeness (QED) is 0.0417. The Morgan fingerprint density at radius 3 is 0.892 bits per heavy atom. The van der Waals surface area contributed by atoms with Gasteiger partial charge in [0, 0.05) is 52.0 Å². The molecule has 0 saturated carbocycles. The first-order chi connectivity index (χ1) is 31.2. The normalized spacial score (nSPS) is 12.3. The van der Waals surface area contributed by atoms with Gasteiger partial charge < -0.3 is 15.7 Å². The number of nitrogens with zero attached hydrogens (tertiary/aromatic N) is 2. The third kappa shape index (κ3) is 23.7. The van der Waals surface area contributed by atoms with Crippen LogP contribution in [0.25, 0.3) is 16.9 Å². The molecule has 0 fully saturated rings. The summed E-state index contributed by atoms with van der Waals surface area (Å²) in [5, 5.41) is 16.1. The monoisotopic (exact) mass is 943 g/mol. The zero-order valence-electron chi connectivity index (χ0n) is 44.5. The van der Waals surface area contributed by atoms with Crippen LogP contribution in [0.4, 0.5) is 0 Å². The van der Waals surface area contributed by atoms with Crippen molar-refractivity contribution in [2.24, 2.45) is 0 Å². The Morgan fingerprint density at radius 2 is 0.631 bits per heavy atom. The average Bonchev–Trinajstić information content (AvgIpc) is 3.54. The number of hydrogen-bond acceptors (Lipinski definition) is 2. The summed E-state index contributed by atoms with van der Waals surface area (Å²) in [5.41, 5.74) is 29.4. The van der Waals surface area contributed by atoms with Crippen molar-refractivity contribution in [3.63, 3.8) is 0 Å². The second-order valence-corrected chi connectivity index (χ2v) is 19.0. The first-order valence-electron chi connectivity index (χ1n) is 27.7. The summed E-state index contributed by atoms with van der Waals surface area (Å²) in [6.45, 7) is 23.3. The predicted octanol–water partition coefficient (Wildman–Crippen LogP) is 18.4. The summed E-state index contributed by atoms with van der Waals surface area (Å²) in [7, 11) is 0. The molecular weight excluding hydrogens is 839 g/mol. The molecule has 3 rings (SSSR count). The Balaban J connectivity index is 0.00000334. The molecule has 1 aliphatic heterocycles. The van der Waals surface area contributed by atoms with E-state index in [0.29, 0.717) is 13.2 Å². The van der Waals surface area contributed by atoms with Gasteiger partial charge in [0.25, 0.3) is 0 Å². The van der Waals surface area contributed by atoms with Crippen LogP contribution in [0, 0.1) is 0 Å². The summed E-state index contributed by atoms with van der Waals surface area (Å²) in [4.78, 5) is 0. The van der Waals surface area contributed by atoms with Crippen molar-refractivity contribution < 1.29 is 31.4 Å². The summed E-state index contributed by atoms with van der Waals surface area (Å²) in [6, 6.07) is 10.1. The fourth-order valence-corrected chi connectivity index (χ4v) is 9.30. The van der Waals surface area contributed by atoms with E-state index in [9.17, 15) is 5.53 Å². The molecule has 0 amide bonds. The molecule has 1 heterocycles. The minimum Gasteiger partial charge on any atom is -0.493 e. The van der Waals surface area contributed by atoms with Crippen molar-refractivity contribution >= 4 is 11.4 Å². The van der Waals surface area contributed by atoms with Gasteiger partial charge >= 0.3 is 0 Å². The van der Waals surface area contributed by atoms with Gasteiger partial charge in [0.15, 0.2) is 0 Å². The maximum Gasteiger partial charge on any atom is 0.211 e. The number of rotatable bonds is 34. The van der Waals surface area contributed by atoms with Crippen LogP contribution in [0.2, 0.25) is 0 Å². The molecule has 0 atom stereocenters. The van der Waals surface area contributed by atoms with E-state index < -0.39 is 0 Å². The predicted molar refractivity (Wildman–Crippen MR) is 284 cm³/mol. The van der Waals surface area contributed by atoms with Crippen LogP contribution in [0.3, 0.4) is 0 Å². The Kier molecular flexibility index (Phi) is 39.7. The van der Waals surface area contributed by atoms with Gasteiger partial charge in [-0.1, -0.05) is 165 Å². The first-order valence-corrected chi connectivity index (χ1v) is 27.7. The number of aliphatic hydroxyl groups excluding tert-OH is 2. The van der Waals surface area contributed by atoms with Gasteiger partial charge in [-0.25, -0.2) is 4.70 Å². The second-order valence-electron chi connectivity index (χ2n) is 19.0. The minimum atomic E-state index is 0. The van der Waals surface area contributed by atoms with Crippen molar-refractivity contribution in [3.05, 3.63) is 85.5 Å². The zero-order valence-corrected chi connectivity index (χ0v) is 45.4. The molecule has 4 nitrogen and oxygen atoms in total. The van der Waals surface area contributed by atoms with E-state index in [1.807, 2.05) is 0 Å². The number of allylic oxidation sites excluding steroid dienone is 2. The van der Waals surface area contributed by atoms with E-state index in [1.54, 1.807) is 38.1 Å². The van der Waals surface area contributed by atoms with Crippen molar-refractivity contribution in [2.75, 3.05) is 13.2 Å². The summed E-state index contributed by atoms with van der Waals surface area (Å²) in [6.07, 6.45) is 38.4.